The van der Waals surface area contributed by atoms with Crippen molar-refractivity contribution >= 4 is 5.69 Å². The summed E-state index contributed by atoms with van der Waals surface area (Å²) >= 11 is 0. The van der Waals surface area contributed by atoms with E-state index in [1.807, 2.05) is 0 Å². The van der Waals surface area contributed by atoms with E-state index >= 15 is 0 Å². The van der Waals surface area contributed by atoms with Gasteiger partial charge in [0.25, 0.3) is 0 Å². The van der Waals surface area contributed by atoms with Gasteiger partial charge in [-0.05, 0) is 55.4 Å². The predicted octanol–water partition coefficient (Wildman–Crippen LogP) is 3.64. The van der Waals surface area contributed by atoms with Gasteiger partial charge in [0.15, 0.2) is 0 Å². The first-order chi connectivity index (χ1) is 8.36. The fourth-order valence-electron chi connectivity index (χ4n) is 2.84. The van der Waals surface area contributed by atoms with E-state index in [4.69, 9.17) is 0 Å². The Morgan fingerprint density at radius 3 is 2.28 bits per heavy atom. The normalized spacial score (nSPS) is 14.8. The second-order valence-electron chi connectivity index (χ2n) is 5.97. The average Bonchev–Trinajstić information content (AvgIpc) is 2.93. The number of hydrogen-bond acceptors (Lipinski definition) is 2. The van der Waals surface area contributed by atoms with Crippen LogP contribution in [0.5, 0.6) is 0 Å². The van der Waals surface area contributed by atoms with Crippen LogP contribution in [0.25, 0.3) is 0 Å². The van der Waals surface area contributed by atoms with Crippen LogP contribution in [0.3, 0.4) is 0 Å². The molecule has 0 amide bonds. The highest BCUT2D eigenvalue weighted by atomic mass is 16.3. The molecule has 2 rings (SSSR count). The lowest BCUT2D eigenvalue weighted by Gasteiger charge is -2.30. The van der Waals surface area contributed by atoms with Crippen molar-refractivity contribution in [2.45, 2.75) is 46.5 Å². The van der Waals surface area contributed by atoms with E-state index in [0.717, 1.165) is 6.42 Å². The molecule has 0 bridgehead atoms. The van der Waals surface area contributed by atoms with Gasteiger partial charge in [0.1, 0.15) is 0 Å². The molecule has 1 aromatic carbocycles. The number of anilines is 1. The molecule has 1 aromatic rings. The Morgan fingerprint density at radius 2 is 1.78 bits per heavy atom. The summed E-state index contributed by atoms with van der Waals surface area (Å²) in [7, 11) is 0. The quantitative estimate of drug-likeness (QED) is 0.875. The molecule has 98 valence electrons. The second-order valence-corrected chi connectivity index (χ2v) is 5.97. The van der Waals surface area contributed by atoms with Gasteiger partial charge in [-0.15, -0.1) is 0 Å². The predicted molar refractivity (Wildman–Crippen MR) is 76.9 cm³/mol. The second kappa shape index (κ2) is 4.43. The first kappa shape index (κ1) is 13.2. The Bertz CT molecular complexity index is 500. The third kappa shape index (κ3) is 2.30. The molecule has 0 radical (unpaired) electrons. The summed E-state index contributed by atoms with van der Waals surface area (Å²) < 4.78 is 0. The number of aliphatic hydroxyl groups is 1. The van der Waals surface area contributed by atoms with E-state index < -0.39 is 0 Å². The molecule has 0 aromatic heterocycles. The van der Waals surface area contributed by atoms with Gasteiger partial charge in [-0.25, -0.2) is 0 Å². The highest BCUT2D eigenvalue weighted by molar-refractivity contribution is 5.71. The fraction of sp³-hybridized carbons (Fsp3) is 0.500. The topological polar surface area (TPSA) is 23.2 Å². The van der Waals surface area contributed by atoms with Crippen molar-refractivity contribution in [3.63, 3.8) is 0 Å². The van der Waals surface area contributed by atoms with E-state index in [1.165, 1.54) is 28.1 Å². The SMILES string of the molecule is CC1=CN1c1cc(C)cc(C)c1C(C)(C)CCO. The van der Waals surface area contributed by atoms with Gasteiger partial charge in [-0.1, -0.05) is 19.9 Å². The molecule has 0 fully saturated rings. The van der Waals surface area contributed by atoms with E-state index in [9.17, 15) is 5.11 Å². The number of hydrogen-bond donors (Lipinski definition) is 1. The lowest BCUT2D eigenvalue weighted by Crippen LogP contribution is -2.22. The fourth-order valence-corrected chi connectivity index (χ4v) is 2.84. The molecular weight excluding hydrogens is 222 g/mol. The third-order valence-corrected chi connectivity index (χ3v) is 3.76. The van der Waals surface area contributed by atoms with E-state index in [-0.39, 0.29) is 12.0 Å². The largest absolute Gasteiger partial charge is 0.396 e. The highest BCUT2D eigenvalue weighted by Crippen LogP contribution is 2.42. The van der Waals surface area contributed by atoms with Crippen molar-refractivity contribution < 1.29 is 5.11 Å². The smallest absolute Gasteiger partial charge is 0.0496 e. The summed E-state index contributed by atoms with van der Waals surface area (Å²) in [5.74, 6) is 0. The Labute approximate surface area is 110 Å². The molecule has 0 unspecified atom stereocenters. The van der Waals surface area contributed by atoms with Crippen molar-refractivity contribution in [2.24, 2.45) is 0 Å². The van der Waals surface area contributed by atoms with Gasteiger partial charge in [-0.3, -0.25) is 0 Å². The molecule has 18 heavy (non-hydrogen) atoms. The number of benzene rings is 1. The summed E-state index contributed by atoms with van der Waals surface area (Å²) in [5, 5.41) is 9.28. The van der Waals surface area contributed by atoms with Crippen molar-refractivity contribution in [3.05, 3.63) is 40.7 Å². The molecule has 2 heteroatoms. The minimum absolute atomic E-state index is 0.00141. The number of rotatable bonds is 4. The van der Waals surface area contributed by atoms with Crippen molar-refractivity contribution in [1.82, 2.24) is 0 Å². The minimum Gasteiger partial charge on any atom is -0.396 e. The maximum absolute atomic E-state index is 9.28. The molecule has 0 saturated carbocycles. The first-order valence-corrected chi connectivity index (χ1v) is 6.57. The van der Waals surface area contributed by atoms with Crippen molar-refractivity contribution in [2.75, 3.05) is 11.5 Å². The van der Waals surface area contributed by atoms with Gasteiger partial charge in [-0.2, -0.15) is 0 Å². The Morgan fingerprint density at radius 1 is 1.17 bits per heavy atom. The lowest BCUT2D eigenvalue weighted by molar-refractivity contribution is 0.252. The molecular formula is C16H23NO. The highest BCUT2D eigenvalue weighted by Gasteiger charge is 2.30. The van der Waals surface area contributed by atoms with Crippen molar-refractivity contribution in [1.29, 1.82) is 0 Å². The summed E-state index contributed by atoms with van der Waals surface area (Å²) in [5.41, 5.74) is 6.55. The van der Waals surface area contributed by atoms with Crippen LogP contribution in [0, 0.1) is 13.8 Å². The number of allylic oxidation sites excluding steroid dienone is 1. The van der Waals surface area contributed by atoms with Gasteiger partial charge in [0, 0.05) is 24.2 Å². The molecule has 1 aliphatic heterocycles. The molecule has 1 aliphatic rings. The van der Waals surface area contributed by atoms with E-state index in [1.54, 1.807) is 0 Å². The zero-order chi connectivity index (χ0) is 13.5. The molecule has 2 nitrogen and oxygen atoms in total. The van der Waals surface area contributed by atoms with Crippen LogP contribution in [-0.2, 0) is 5.41 Å². The van der Waals surface area contributed by atoms with Gasteiger partial charge >= 0.3 is 0 Å². The zero-order valence-electron chi connectivity index (χ0n) is 12.0. The Hall–Kier alpha value is -1.28. The lowest BCUT2D eigenvalue weighted by atomic mass is 9.78. The first-order valence-electron chi connectivity index (χ1n) is 6.57. The summed E-state index contributed by atoms with van der Waals surface area (Å²) in [6.45, 7) is 11.1. The van der Waals surface area contributed by atoms with Gasteiger partial charge < -0.3 is 10.0 Å². The average molecular weight is 245 g/mol. The molecule has 0 saturated heterocycles. The number of aryl methyl sites for hydroxylation is 2. The van der Waals surface area contributed by atoms with Gasteiger partial charge in [0.05, 0.1) is 0 Å². The van der Waals surface area contributed by atoms with E-state index in [2.05, 4.69) is 57.9 Å². The Balaban J connectivity index is 2.51. The van der Waals surface area contributed by atoms with Crippen LogP contribution in [0.1, 0.15) is 43.9 Å². The monoisotopic (exact) mass is 245 g/mol. The maximum atomic E-state index is 9.28. The van der Waals surface area contributed by atoms with Crippen LogP contribution in [0.4, 0.5) is 5.69 Å². The van der Waals surface area contributed by atoms with E-state index in [0.29, 0.717) is 0 Å². The van der Waals surface area contributed by atoms with Crippen molar-refractivity contribution in [3.8, 4) is 0 Å². The zero-order valence-corrected chi connectivity index (χ0v) is 12.0. The maximum Gasteiger partial charge on any atom is 0.0496 e. The minimum atomic E-state index is -0.00141. The third-order valence-electron chi connectivity index (χ3n) is 3.76. The van der Waals surface area contributed by atoms with Crippen LogP contribution in [0.15, 0.2) is 24.0 Å². The summed E-state index contributed by atoms with van der Waals surface area (Å²) in [4.78, 5) is 2.24. The molecule has 0 aliphatic carbocycles. The molecule has 1 N–H and O–H groups in total. The molecule has 0 spiro atoms. The Kier molecular flexibility index (Phi) is 3.24. The summed E-state index contributed by atoms with van der Waals surface area (Å²) in [6, 6.07) is 4.48. The standard InChI is InChI=1S/C16H23NO/c1-11-8-12(2)15(16(4,5)6-7-18)14(9-11)17-10-13(17)3/h8-10,18H,6-7H2,1-5H3. The van der Waals surface area contributed by atoms with Crippen LogP contribution < -0.4 is 4.90 Å². The molecule has 1 heterocycles. The van der Waals surface area contributed by atoms with Gasteiger partial charge in [0.2, 0.25) is 0 Å². The van der Waals surface area contributed by atoms with Crippen LogP contribution in [-0.4, -0.2) is 11.7 Å². The number of nitrogens with zero attached hydrogens (tertiary/aromatic N) is 1. The summed E-state index contributed by atoms with van der Waals surface area (Å²) in [6.07, 6.45) is 2.95. The molecule has 0 atom stereocenters. The van der Waals surface area contributed by atoms with Crippen LogP contribution in [0.2, 0.25) is 0 Å². The van der Waals surface area contributed by atoms with Crippen LogP contribution >= 0.6 is 0 Å². The number of aliphatic hydroxyl groups excluding tert-OH is 1.